The predicted molar refractivity (Wildman–Crippen MR) is 73.6 cm³/mol. The van der Waals surface area contributed by atoms with Crippen LogP contribution >= 0.6 is 0 Å². The maximum Gasteiger partial charge on any atom is 0.270 e. The zero-order valence-electron chi connectivity index (χ0n) is 11.4. The van der Waals surface area contributed by atoms with Crippen LogP contribution in [-0.2, 0) is 4.74 Å². The third-order valence-corrected chi connectivity index (χ3v) is 3.51. The summed E-state index contributed by atoms with van der Waals surface area (Å²) in [5.74, 6) is 0.200. The fourth-order valence-corrected chi connectivity index (χ4v) is 2.56. The Kier molecular flexibility index (Phi) is 4.68. The van der Waals surface area contributed by atoms with Gasteiger partial charge in [0.2, 0.25) is 0 Å². The van der Waals surface area contributed by atoms with Gasteiger partial charge in [0.15, 0.2) is 0 Å². The summed E-state index contributed by atoms with van der Waals surface area (Å²) in [6, 6.07) is 5.89. The summed E-state index contributed by atoms with van der Waals surface area (Å²) >= 11 is 0. The van der Waals surface area contributed by atoms with Crippen LogP contribution in [0, 0.1) is 16.0 Å². The van der Waals surface area contributed by atoms with Crippen LogP contribution in [0.1, 0.15) is 23.2 Å². The van der Waals surface area contributed by atoms with E-state index in [0.29, 0.717) is 31.2 Å². The molecular formula is C14H18N2O4. The number of carbonyl (C=O) groups excluding carboxylic acids is 1. The van der Waals surface area contributed by atoms with E-state index in [1.165, 1.54) is 12.1 Å². The van der Waals surface area contributed by atoms with Crippen molar-refractivity contribution in [3.63, 3.8) is 0 Å². The number of likely N-dealkylation sites (tertiary alicyclic amines) is 1. The number of nitro benzene ring substituents is 1. The minimum Gasteiger partial charge on any atom is -0.384 e. The van der Waals surface area contributed by atoms with Crippen LogP contribution in [0.3, 0.4) is 0 Å². The lowest BCUT2D eigenvalue weighted by molar-refractivity contribution is -0.384. The van der Waals surface area contributed by atoms with Crippen molar-refractivity contribution >= 4 is 11.6 Å². The Morgan fingerprint density at radius 2 is 2.35 bits per heavy atom. The van der Waals surface area contributed by atoms with E-state index in [1.54, 1.807) is 24.1 Å². The summed E-state index contributed by atoms with van der Waals surface area (Å²) in [6.45, 7) is 1.98. The largest absolute Gasteiger partial charge is 0.384 e. The average Bonchev–Trinajstić information content (AvgIpc) is 2.47. The molecule has 0 N–H and O–H groups in total. The molecule has 1 aliphatic heterocycles. The van der Waals surface area contributed by atoms with Gasteiger partial charge in [-0.3, -0.25) is 14.9 Å². The quantitative estimate of drug-likeness (QED) is 0.624. The third-order valence-electron chi connectivity index (χ3n) is 3.51. The Morgan fingerprint density at radius 3 is 3.05 bits per heavy atom. The molecule has 1 fully saturated rings. The minimum absolute atomic E-state index is 0.0544. The molecule has 1 saturated heterocycles. The third kappa shape index (κ3) is 3.33. The van der Waals surface area contributed by atoms with Crippen molar-refractivity contribution in [2.45, 2.75) is 12.8 Å². The molecule has 2 rings (SSSR count). The predicted octanol–water partition coefficient (Wildman–Crippen LogP) is 2.09. The molecule has 0 spiro atoms. The summed E-state index contributed by atoms with van der Waals surface area (Å²) < 4.78 is 5.14. The molecule has 1 unspecified atom stereocenters. The fraction of sp³-hybridized carbons (Fsp3) is 0.500. The molecule has 0 radical (unpaired) electrons. The lowest BCUT2D eigenvalue weighted by Crippen LogP contribution is -2.41. The monoisotopic (exact) mass is 278 g/mol. The Labute approximate surface area is 117 Å². The van der Waals surface area contributed by atoms with E-state index in [2.05, 4.69) is 0 Å². The number of amides is 1. The first-order valence-corrected chi connectivity index (χ1v) is 6.64. The van der Waals surface area contributed by atoms with E-state index in [0.717, 1.165) is 12.8 Å². The first kappa shape index (κ1) is 14.5. The van der Waals surface area contributed by atoms with Gasteiger partial charge in [-0.25, -0.2) is 0 Å². The molecule has 6 nitrogen and oxygen atoms in total. The summed E-state index contributed by atoms with van der Waals surface area (Å²) in [6.07, 6.45) is 1.99. The van der Waals surface area contributed by atoms with Crippen molar-refractivity contribution in [1.82, 2.24) is 4.90 Å². The van der Waals surface area contributed by atoms with Crippen molar-refractivity contribution in [1.29, 1.82) is 0 Å². The van der Waals surface area contributed by atoms with E-state index in [9.17, 15) is 14.9 Å². The SMILES string of the molecule is COCC1CCCN(C(=O)c2cccc([N+](=O)[O-])c2)C1. The molecule has 0 saturated carbocycles. The van der Waals surface area contributed by atoms with Crippen LogP contribution in [0.25, 0.3) is 0 Å². The van der Waals surface area contributed by atoms with Gasteiger partial charge in [-0.15, -0.1) is 0 Å². The number of benzene rings is 1. The second kappa shape index (κ2) is 6.47. The lowest BCUT2D eigenvalue weighted by Gasteiger charge is -2.32. The second-order valence-electron chi connectivity index (χ2n) is 5.02. The Balaban J connectivity index is 2.10. The van der Waals surface area contributed by atoms with Crippen LogP contribution < -0.4 is 0 Å². The van der Waals surface area contributed by atoms with E-state index in [-0.39, 0.29) is 11.6 Å². The zero-order chi connectivity index (χ0) is 14.5. The maximum absolute atomic E-state index is 12.4. The van der Waals surface area contributed by atoms with Crippen LogP contribution in [0.5, 0.6) is 0 Å². The number of nitrogens with zero attached hydrogens (tertiary/aromatic N) is 2. The second-order valence-corrected chi connectivity index (χ2v) is 5.02. The zero-order valence-corrected chi connectivity index (χ0v) is 11.4. The highest BCUT2D eigenvalue weighted by Gasteiger charge is 2.25. The average molecular weight is 278 g/mol. The first-order chi connectivity index (χ1) is 9.61. The molecule has 1 aliphatic rings. The number of hydrogen-bond acceptors (Lipinski definition) is 4. The van der Waals surface area contributed by atoms with Gasteiger partial charge in [-0.1, -0.05) is 6.07 Å². The Hall–Kier alpha value is -1.95. The molecule has 1 aromatic rings. The van der Waals surface area contributed by atoms with Gasteiger partial charge in [-0.2, -0.15) is 0 Å². The molecule has 108 valence electrons. The highest BCUT2D eigenvalue weighted by molar-refractivity contribution is 5.94. The van der Waals surface area contributed by atoms with Gasteiger partial charge in [0.1, 0.15) is 0 Å². The van der Waals surface area contributed by atoms with Crippen molar-refractivity contribution in [3.8, 4) is 0 Å². The number of hydrogen-bond donors (Lipinski definition) is 0. The molecule has 1 aromatic carbocycles. The van der Waals surface area contributed by atoms with Gasteiger partial charge in [-0.05, 0) is 24.8 Å². The molecule has 20 heavy (non-hydrogen) atoms. The fourth-order valence-electron chi connectivity index (χ4n) is 2.56. The number of rotatable bonds is 4. The number of piperidine rings is 1. The topological polar surface area (TPSA) is 72.7 Å². The maximum atomic E-state index is 12.4. The number of nitro groups is 1. The van der Waals surface area contributed by atoms with Crippen LogP contribution in [0.4, 0.5) is 5.69 Å². The molecule has 0 aromatic heterocycles. The van der Waals surface area contributed by atoms with Gasteiger partial charge in [0.05, 0.1) is 11.5 Å². The number of non-ortho nitro benzene ring substituents is 1. The van der Waals surface area contributed by atoms with Crippen LogP contribution in [0.15, 0.2) is 24.3 Å². The van der Waals surface area contributed by atoms with Crippen LogP contribution in [0.2, 0.25) is 0 Å². The smallest absolute Gasteiger partial charge is 0.270 e. The molecule has 1 amide bonds. The van der Waals surface area contributed by atoms with E-state index >= 15 is 0 Å². The van der Waals surface area contributed by atoms with E-state index in [4.69, 9.17) is 4.74 Å². The van der Waals surface area contributed by atoms with Crippen LogP contribution in [-0.4, -0.2) is 42.5 Å². The molecular weight excluding hydrogens is 260 g/mol. The molecule has 6 heteroatoms. The Bertz CT molecular complexity index is 502. The first-order valence-electron chi connectivity index (χ1n) is 6.64. The summed E-state index contributed by atoms with van der Waals surface area (Å²) in [7, 11) is 1.65. The van der Waals surface area contributed by atoms with Crippen molar-refractivity contribution in [3.05, 3.63) is 39.9 Å². The molecule has 1 heterocycles. The normalized spacial score (nSPS) is 18.9. The molecule has 1 atom stereocenters. The standard InChI is InChI=1S/C14H18N2O4/c1-20-10-11-4-3-7-15(9-11)14(17)12-5-2-6-13(8-12)16(18)19/h2,5-6,8,11H,3-4,7,9-10H2,1H3. The van der Waals surface area contributed by atoms with E-state index in [1.807, 2.05) is 0 Å². The highest BCUT2D eigenvalue weighted by Crippen LogP contribution is 2.20. The van der Waals surface area contributed by atoms with Crippen molar-refractivity contribution in [2.75, 3.05) is 26.8 Å². The number of carbonyl (C=O) groups is 1. The van der Waals surface area contributed by atoms with Crippen molar-refractivity contribution < 1.29 is 14.5 Å². The summed E-state index contributed by atoms with van der Waals surface area (Å²) in [5.41, 5.74) is 0.318. The van der Waals surface area contributed by atoms with Gasteiger partial charge in [0, 0.05) is 37.9 Å². The van der Waals surface area contributed by atoms with Crippen molar-refractivity contribution in [2.24, 2.45) is 5.92 Å². The number of ether oxygens (including phenoxy) is 1. The minimum atomic E-state index is -0.485. The van der Waals surface area contributed by atoms with Gasteiger partial charge < -0.3 is 9.64 Å². The summed E-state index contributed by atoms with van der Waals surface area (Å²) in [4.78, 5) is 24.4. The van der Waals surface area contributed by atoms with Gasteiger partial charge in [0.25, 0.3) is 11.6 Å². The van der Waals surface area contributed by atoms with E-state index < -0.39 is 4.92 Å². The Morgan fingerprint density at radius 1 is 1.55 bits per heavy atom. The lowest BCUT2D eigenvalue weighted by atomic mass is 9.98. The summed E-state index contributed by atoms with van der Waals surface area (Å²) in [5, 5.41) is 10.8. The van der Waals surface area contributed by atoms with Gasteiger partial charge >= 0.3 is 0 Å². The highest BCUT2D eigenvalue weighted by atomic mass is 16.6. The molecule has 0 bridgehead atoms. The number of methoxy groups -OCH3 is 1. The molecule has 0 aliphatic carbocycles.